The number of fused-ring (bicyclic) bond motifs is 1. The number of halogens is 2. The lowest BCUT2D eigenvalue weighted by molar-refractivity contribution is 1.07. The highest BCUT2D eigenvalue weighted by Gasteiger charge is 2.14. The molecule has 0 bridgehead atoms. The Morgan fingerprint density at radius 1 is 1.26 bits per heavy atom. The number of benzene rings is 1. The topological polar surface area (TPSA) is 56.7 Å². The van der Waals surface area contributed by atoms with Crippen LogP contribution in [0.25, 0.3) is 16.9 Å². The van der Waals surface area contributed by atoms with Gasteiger partial charge in [-0.2, -0.15) is 0 Å². The Kier molecular flexibility index (Phi) is 2.84. The molecule has 0 unspecified atom stereocenters. The second-order valence-corrected chi connectivity index (χ2v) is 5.03. The van der Waals surface area contributed by atoms with Gasteiger partial charge in [-0.1, -0.05) is 29.3 Å². The molecule has 2 N–H and O–H groups in total. The summed E-state index contributed by atoms with van der Waals surface area (Å²) in [6.45, 7) is 1.93. The molecule has 4 nitrogen and oxygen atoms in total. The maximum atomic E-state index is 6.14. The summed E-state index contributed by atoms with van der Waals surface area (Å²) in [7, 11) is 0. The molecule has 1 aromatic carbocycles. The van der Waals surface area contributed by atoms with Crippen LogP contribution in [0.4, 0.5) is 5.95 Å². The largest absolute Gasteiger partial charge is 0.369 e. The van der Waals surface area contributed by atoms with Crippen LogP contribution >= 0.6 is 23.2 Å². The smallest absolute Gasteiger partial charge is 0.207 e. The minimum absolute atomic E-state index is 0.357. The van der Waals surface area contributed by atoms with Gasteiger partial charge in [-0.3, -0.25) is 4.57 Å². The Morgan fingerprint density at radius 2 is 2.05 bits per heavy atom. The van der Waals surface area contributed by atoms with Crippen molar-refractivity contribution in [1.29, 1.82) is 0 Å². The predicted octanol–water partition coefficient (Wildman–Crippen LogP) is 3.62. The maximum Gasteiger partial charge on any atom is 0.207 e. The van der Waals surface area contributed by atoms with E-state index in [4.69, 9.17) is 28.9 Å². The van der Waals surface area contributed by atoms with Crippen molar-refractivity contribution in [3.63, 3.8) is 0 Å². The van der Waals surface area contributed by atoms with Crippen molar-refractivity contribution in [1.82, 2.24) is 14.5 Å². The molecular formula is C13H10Cl2N4. The van der Waals surface area contributed by atoms with E-state index in [-0.39, 0.29) is 0 Å². The molecule has 0 atom stereocenters. The standard InChI is InChI=1S/C13H10Cl2N4/c1-7-9(15)3-2-4-11(7)19-12-10(18-13(19)16)5-8(14)6-17-12/h2-6H,1H3,(H2,16,18). The number of nitrogens with zero attached hydrogens (tertiary/aromatic N) is 3. The van der Waals surface area contributed by atoms with Crippen molar-refractivity contribution >= 4 is 40.3 Å². The quantitative estimate of drug-likeness (QED) is 0.745. The van der Waals surface area contributed by atoms with Gasteiger partial charge in [-0.25, -0.2) is 9.97 Å². The van der Waals surface area contributed by atoms with E-state index in [1.807, 2.05) is 25.1 Å². The SMILES string of the molecule is Cc1c(Cl)cccc1-n1c(N)nc2cc(Cl)cnc21. The zero-order valence-corrected chi connectivity index (χ0v) is 11.6. The molecular weight excluding hydrogens is 283 g/mol. The molecule has 2 heterocycles. The summed E-state index contributed by atoms with van der Waals surface area (Å²) in [6, 6.07) is 7.36. The van der Waals surface area contributed by atoms with Gasteiger partial charge < -0.3 is 5.73 Å². The molecule has 0 aliphatic carbocycles. The molecule has 0 amide bonds. The number of nitrogen functional groups attached to an aromatic ring is 1. The van der Waals surface area contributed by atoms with E-state index in [0.29, 0.717) is 27.2 Å². The lowest BCUT2D eigenvalue weighted by Crippen LogP contribution is -2.03. The van der Waals surface area contributed by atoms with E-state index >= 15 is 0 Å². The molecule has 19 heavy (non-hydrogen) atoms. The third-order valence-corrected chi connectivity index (χ3v) is 3.59. The molecule has 0 saturated carbocycles. The number of hydrogen-bond acceptors (Lipinski definition) is 3. The molecule has 0 fully saturated rings. The lowest BCUT2D eigenvalue weighted by Gasteiger charge is -2.10. The molecule has 3 aromatic rings. The van der Waals surface area contributed by atoms with Crippen molar-refractivity contribution in [2.75, 3.05) is 5.73 Å². The van der Waals surface area contributed by atoms with Gasteiger partial charge in [0.05, 0.1) is 10.7 Å². The van der Waals surface area contributed by atoms with Crippen LogP contribution in [0.3, 0.4) is 0 Å². The minimum atomic E-state index is 0.357. The summed E-state index contributed by atoms with van der Waals surface area (Å²) >= 11 is 12.1. The highest BCUT2D eigenvalue weighted by atomic mass is 35.5. The first kappa shape index (κ1) is 12.3. The van der Waals surface area contributed by atoms with Crippen LogP contribution in [0, 0.1) is 6.92 Å². The van der Waals surface area contributed by atoms with Crippen molar-refractivity contribution < 1.29 is 0 Å². The number of rotatable bonds is 1. The average Bonchev–Trinajstić information content (AvgIpc) is 2.68. The Balaban J connectivity index is 2.36. The number of hydrogen-bond donors (Lipinski definition) is 1. The molecule has 0 radical (unpaired) electrons. The van der Waals surface area contributed by atoms with Gasteiger partial charge in [-0.15, -0.1) is 0 Å². The average molecular weight is 293 g/mol. The van der Waals surface area contributed by atoms with Gasteiger partial charge in [0.25, 0.3) is 0 Å². The van der Waals surface area contributed by atoms with Crippen molar-refractivity contribution in [3.8, 4) is 5.69 Å². The monoisotopic (exact) mass is 292 g/mol. The second-order valence-electron chi connectivity index (χ2n) is 4.19. The molecule has 6 heteroatoms. The molecule has 0 spiro atoms. The highest BCUT2D eigenvalue weighted by molar-refractivity contribution is 6.31. The minimum Gasteiger partial charge on any atom is -0.369 e. The van der Waals surface area contributed by atoms with Crippen molar-refractivity contribution in [3.05, 3.63) is 46.1 Å². The van der Waals surface area contributed by atoms with Crippen LogP contribution in [0.2, 0.25) is 10.0 Å². The fourth-order valence-electron chi connectivity index (χ4n) is 2.03. The Labute approximate surface area is 119 Å². The van der Waals surface area contributed by atoms with Crippen LogP contribution in [0.5, 0.6) is 0 Å². The number of imidazole rings is 1. The summed E-state index contributed by atoms with van der Waals surface area (Å²) in [5, 5.41) is 1.20. The van der Waals surface area contributed by atoms with Crippen LogP contribution in [-0.2, 0) is 0 Å². The summed E-state index contributed by atoms with van der Waals surface area (Å²) < 4.78 is 1.77. The number of pyridine rings is 1. The molecule has 3 rings (SSSR count). The molecule has 0 saturated heterocycles. The number of anilines is 1. The van der Waals surface area contributed by atoms with Crippen LogP contribution < -0.4 is 5.73 Å². The molecule has 96 valence electrons. The lowest BCUT2D eigenvalue weighted by atomic mass is 10.2. The molecule has 0 aliphatic heterocycles. The predicted molar refractivity (Wildman–Crippen MR) is 78.0 cm³/mol. The van der Waals surface area contributed by atoms with E-state index in [2.05, 4.69) is 9.97 Å². The van der Waals surface area contributed by atoms with E-state index in [9.17, 15) is 0 Å². The summed E-state index contributed by atoms with van der Waals surface area (Å²) in [5.41, 5.74) is 9.08. The first-order valence-electron chi connectivity index (χ1n) is 5.63. The van der Waals surface area contributed by atoms with Crippen LogP contribution in [-0.4, -0.2) is 14.5 Å². The van der Waals surface area contributed by atoms with Crippen molar-refractivity contribution in [2.45, 2.75) is 6.92 Å². The van der Waals surface area contributed by atoms with Gasteiger partial charge >= 0.3 is 0 Å². The second kappa shape index (κ2) is 4.40. The van der Waals surface area contributed by atoms with Gasteiger partial charge in [0, 0.05) is 11.2 Å². The molecule has 2 aromatic heterocycles. The van der Waals surface area contributed by atoms with Gasteiger partial charge in [0.1, 0.15) is 5.52 Å². The number of aromatic nitrogens is 3. The fraction of sp³-hybridized carbons (Fsp3) is 0.0769. The van der Waals surface area contributed by atoms with E-state index < -0.39 is 0 Å². The highest BCUT2D eigenvalue weighted by Crippen LogP contribution is 2.28. The summed E-state index contributed by atoms with van der Waals surface area (Å²) in [6.07, 6.45) is 1.57. The Morgan fingerprint density at radius 3 is 2.84 bits per heavy atom. The first-order valence-corrected chi connectivity index (χ1v) is 6.38. The zero-order chi connectivity index (χ0) is 13.6. The molecule has 0 aliphatic rings. The van der Waals surface area contributed by atoms with E-state index in [1.165, 1.54) is 0 Å². The third kappa shape index (κ3) is 1.93. The van der Waals surface area contributed by atoms with Crippen LogP contribution in [0.1, 0.15) is 5.56 Å². The van der Waals surface area contributed by atoms with Gasteiger partial charge in [-0.05, 0) is 30.7 Å². The first-order chi connectivity index (χ1) is 9.08. The van der Waals surface area contributed by atoms with Crippen LogP contribution in [0.15, 0.2) is 30.5 Å². The Bertz CT molecular complexity index is 780. The van der Waals surface area contributed by atoms with Gasteiger partial charge in [0.2, 0.25) is 5.95 Å². The fourth-order valence-corrected chi connectivity index (χ4v) is 2.36. The maximum absolute atomic E-state index is 6.14. The number of nitrogens with two attached hydrogens (primary N) is 1. The van der Waals surface area contributed by atoms with E-state index in [1.54, 1.807) is 16.8 Å². The van der Waals surface area contributed by atoms with Crippen molar-refractivity contribution in [2.24, 2.45) is 0 Å². The van der Waals surface area contributed by atoms with Gasteiger partial charge in [0.15, 0.2) is 5.65 Å². The third-order valence-electron chi connectivity index (χ3n) is 2.97. The summed E-state index contributed by atoms with van der Waals surface area (Å²) in [5.74, 6) is 0.357. The van der Waals surface area contributed by atoms with E-state index in [0.717, 1.165) is 11.3 Å². The zero-order valence-electron chi connectivity index (χ0n) is 10.1. The normalized spacial score (nSPS) is 11.1. The summed E-state index contributed by atoms with van der Waals surface area (Å²) in [4.78, 5) is 8.57. The Hall–Kier alpha value is -1.78.